The maximum atomic E-state index is 13.9. The van der Waals surface area contributed by atoms with E-state index in [9.17, 15) is 9.18 Å². The zero-order chi connectivity index (χ0) is 20.4. The van der Waals surface area contributed by atoms with Crippen molar-refractivity contribution in [2.24, 2.45) is 5.10 Å². The molecule has 2 aromatic carbocycles. The summed E-state index contributed by atoms with van der Waals surface area (Å²) in [6.07, 6.45) is 4.06. The first-order chi connectivity index (χ1) is 14.0. The second-order valence-corrected chi connectivity index (χ2v) is 8.24. The summed E-state index contributed by atoms with van der Waals surface area (Å²) in [5, 5.41) is 6.31. The van der Waals surface area contributed by atoms with Crippen LogP contribution in [0.4, 0.5) is 4.39 Å². The third kappa shape index (κ3) is 4.40. The van der Waals surface area contributed by atoms with E-state index in [0.29, 0.717) is 19.0 Å². The molecule has 4 nitrogen and oxygen atoms in total. The van der Waals surface area contributed by atoms with Crippen LogP contribution in [0.15, 0.2) is 53.6 Å². The Morgan fingerprint density at radius 2 is 1.97 bits per heavy atom. The van der Waals surface area contributed by atoms with E-state index in [0.717, 1.165) is 36.2 Å². The highest BCUT2D eigenvalue weighted by molar-refractivity contribution is 6.03. The molecule has 1 amide bonds. The molecular weight excluding hydrogens is 365 g/mol. The molecule has 0 N–H and O–H groups in total. The average molecular weight is 394 g/mol. The molecule has 2 heterocycles. The maximum absolute atomic E-state index is 13.9. The number of nitrogens with zero attached hydrogens (tertiary/aromatic N) is 3. The Hall–Kier alpha value is -2.53. The predicted octanol–water partition coefficient (Wildman–Crippen LogP) is 4.69. The molecule has 2 aliphatic rings. The highest BCUT2D eigenvalue weighted by Gasteiger charge is 2.34. The van der Waals surface area contributed by atoms with Crippen molar-refractivity contribution in [1.29, 1.82) is 0 Å². The minimum atomic E-state index is -0.289. The van der Waals surface area contributed by atoms with Crippen molar-refractivity contribution in [3.8, 4) is 0 Å². The Balaban J connectivity index is 1.61. The van der Waals surface area contributed by atoms with Crippen molar-refractivity contribution in [2.45, 2.75) is 51.6 Å². The number of carbonyl (C=O) groups is 1. The fourth-order valence-electron chi connectivity index (χ4n) is 4.27. The van der Waals surface area contributed by atoms with Crippen LogP contribution >= 0.6 is 0 Å². The molecule has 0 spiro atoms. The molecule has 0 bridgehead atoms. The first-order valence-electron chi connectivity index (χ1n) is 10.5. The van der Waals surface area contributed by atoms with Gasteiger partial charge in [-0.3, -0.25) is 9.69 Å². The fraction of sp³-hybridized carbons (Fsp3) is 0.417. The number of hydrazone groups is 1. The van der Waals surface area contributed by atoms with Gasteiger partial charge in [0.15, 0.2) is 0 Å². The van der Waals surface area contributed by atoms with Crippen molar-refractivity contribution in [2.75, 3.05) is 13.1 Å². The van der Waals surface area contributed by atoms with Gasteiger partial charge in [0.2, 0.25) is 0 Å². The first kappa shape index (κ1) is 19.8. The fourth-order valence-corrected chi connectivity index (χ4v) is 4.27. The number of hydrogen-bond donors (Lipinski definition) is 0. The zero-order valence-electron chi connectivity index (χ0n) is 17.1. The van der Waals surface area contributed by atoms with Crippen molar-refractivity contribution < 1.29 is 9.18 Å². The van der Waals surface area contributed by atoms with E-state index in [1.807, 2.05) is 25.1 Å². The van der Waals surface area contributed by atoms with Crippen molar-refractivity contribution in [1.82, 2.24) is 9.91 Å². The Morgan fingerprint density at radius 1 is 1.17 bits per heavy atom. The first-order valence-corrected chi connectivity index (χ1v) is 10.5. The minimum absolute atomic E-state index is 0.0184. The van der Waals surface area contributed by atoms with Crippen molar-refractivity contribution in [3.05, 3.63) is 71.0 Å². The molecule has 1 saturated heterocycles. The molecule has 0 radical (unpaired) electrons. The maximum Gasteiger partial charge on any atom is 0.257 e. The summed E-state index contributed by atoms with van der Waals surface area (Å²) in [4.78, 5) is 15.5. The van der Waals surface area contributed by atoms with Crippen LogP contribution in [0.3, 0.4) is 0 Å². The third-order valence-corrected chi connectivity index (χ3v) is 6.06. The SMILES string of the molecule is Cc1ccc(C2=NN(C(=O)CN3CCCC[C@@H]3C)[C@@H](c3cccc(F)c3)C2)cc1. The molecule has 2 aromatic rings. The number of aryl methyl sites for hydroxylation is 1. The second kappa shape index (κ2) is 8.46. The molecule has 152 valence electrons. The highest BCUT2D eigenvalue weighted by Crippen LogP contribution is 2.33. The van der Waals surface area contributed by atoms with Gasteiger partial charge in [-0.15, -0.1) is 0 Å². The molecular formula is C24H28FN3O. The summed E-state index contributed by atoms with van der Waals surface area (Å²) in [6, 6.07) is 14.8. The van der Waals surface area contributed by atoms with Gasteiger partial charge in [-0.2, -0.15) is 5.10 Å². The number of amides is 1. The van der Waals surface area contributed by atoms with Crippen LogP contribution in [0.2, 0.25) is 0 Å². The van der Waals surface area contributed by atoms with Gasteiger partial charge in [0.1, 0.15) is 5.82 Å². The molecule has 2 atom stereocenters. The van der Waals surface area contributed by atoms with E-state index in [4.69, 9.17) is 5.10 Å². The quantitative estimate of drug-likeness (QED) is 0.756. The Bertz CT molecular complexity index is 909. The van der Waals surface area contributed by atoms with Gasteiger partial charge in [-0.25, -0.2) is 9.40 Å². The Labute approximate surface area is 172 Å². The zero-order valence-corrected chi connectivity index (χ0v) is 17.1. The molecule has 0 saturated carbocycles. The minimum Gasteiger partial charge on any atom is -0.292 e. The topological polar surface area (TPSA) is 35.9 Å². The number of benzene rings is 2. The average Bonchev–Trinajstić information content (AvgIpc) is 3.16. The summed E-state index contributed by atoms with van der Waals surface area (Å²) in [7, 11) is 0. The summed E-state index contributed by atoms with van der Waals surface area (Å²) in [5.74, 6) is -0.307. The largest absolute Gasteiger partial charge is 0.292 e. The molecule has 5 heteroatoms. The highest BCUT2D eigenvalue weighted by atomic mass is 19.1. The van der Waals surface area contributed by atoms with E-state index in [-0.39, 0.29) is 17.8 Å². The van der Waals surface area contributed by atoms with E-state index in [1.165, 1.54) is 24.1 Å². The standard InChI is InChI=1S/C24H28FN3O/c1-17-9-11-19(12-10-17)22-15-23(20-7-5-8-21(25)14-20)28(26-22)24(29)16-27-13-4-3-6-18(27)2/h5,7-12,14,18,23H,3-4,6,13,15-16H2,1-2H3/t18-,23+/m0/s1. The van der Waals surface area contributed by atoms with E-state index >= 15 is 0 Å². The summed E-state index contributed by atoms with van der Waals surface area (Å²) >= 11 is 0. The van der Waals surface area contributed by atoms with Crippen molar-refractivity contribution in [3.63, 3.8) is 0 Å². The third-order valence-electron chi connectivity index (χ3n) is 6.06. The molecule has 0 aliphatic carbocycles. The monoisotopic (exact) mass is 393 g/mol. The Kier molecular flexibility index (Phi) is 5.76. The predicted molar refractivity (Wildman–Crippen MR) is 113 cm³/mol. The van der Waals surface area contributed by atoms with Crippen LogP contribution in [-0.4, -0.2) is 40.7 Å². The van der Waals surface area contributed by atoms with E-state index < -0.39 is 0 Å². The van der Waals surface area contributed by atoms with Gasteiger partial charge in [-0.05, 0) is 56.5 Å². The lowest BCUT2D eigenvalue weighted by Gasteiger charge is -2.34. The molecule has 2 aliphatic heterocycles. The lowest BCUT2D eigenvalue weighted by molar-refractivity contribution is -0.135. The normalized spacial score (nSPS) is 22.6. The van der Waals surface area contributed by atoms with Gasteiger partial charge < -0.3 is 0 Å². The van der Waals surface area contributed by atoms with Crippen LogP contribution in [0.1, 0.15) is 55.3 Å². The molecule has 0 unspecified atom stereocenters. The number of carbonyl (C=O) groups excluding carboxylic acids is 1. The Morgan fingerprint density at radius 3 is 2.69 bits per heavy atom. The van der Waals surface area contributed by atoms with Gasteiger partial charge in [-0.1, -0.05) is 48.4 Å². The van der Waals surface area contributed by atoms with Gasteiger partial charge in [0.05, 0.1) is 18.3 Å². The number of halogens is 1. The van der Waals surface area contributed by atoms with Crippen LogP contribution in [0, 0.1) is 12.7 Å². The van der Waals surface area contributed by atoms with Gasteiger partial charge in [0, 0.05) is 12.5 Å². The number of rotatable bonds is 4. The molecule has 1 fully saturated rings. The second-order valence-electron chi connectivity index (χ2n) is 8.24. The lowest BCUT2D eigenvalue weighted by Crippen LogP contribution is -2.44. The van der Waals surface area contributed by atoms with Gasteiger partial charge in [0.25, 0.3) is 5.91 Å². The molecule has 29 heavy (non-hydrogen) atoms. The molecule has 0 aromatic heterocycles. The van der Waals surface area contributed by atoms with Gasteiger partial charge >= 0.3 is 0 Å². The number of hydrogen-bond acceptors (Lipinski definition) is 3. The lowest BCUT2D eigenvalue weighted by atomic mass is 9.98. The van der Waals surface area contributed by atoms with Crippen LogP contribution in [-0.2, 0) is 4.79 Å². The number of piperidine rings is 1. The van der Waals surface area contributed by atoms with Crippen LogP contribution in [0.5, 0.6) is 0 Å². The van der Waals surface area contributed by atoms with Crippen LogP contribution < -0.4 is 0 Å². The van der Waals surface area contributed by atoms with Crippen molar-refractivity contribution >= 4 is 11.6 Å². The summed E-state index contributed by atoms with van der Waals surface area (Å²) in [6.45, 7) is 5.53. The van der Waals surface area contributed by atoms with E-state index in [1.54, 1.807) is 11.1 Å². The summed E-state index contributed by atoms with van der Waals surface area (Å²) < 4.78 is 13.9. The van der Waals surface area contributed by atoms with Crippen LogP contribution in [0.25, 0.3) is 0 Å². The smallest absolute Gasteiger partial charge is 0.257 e. The molecule has 4 rings (SSSR count). The number of likely N-dealkylation sites (tertiary alicyclic amines) is 1. The van der Waals surface area contributed by atoms with E-state index in [2.05, 4.69) is 24.0 Å². The summed E-state index contributed by atoms with van der Waals surface area (Å²) in [5.41, 5.74) is 3.86.